The first-order chi connectivity index (χ1) is 9.42. The van der Waals surface area contributed by atoms with Crippen LogP contribution in [0.3, 0.4) is 0 Å². The minimum absolute atomic E-state index is 0.0181. The predicted octanol–water partition coefficient (Wildman–Crippen LogP) is 3.68. The second kappa shape index (κ2) is 6.62. The number of amides is 1. The Hall–Kier alpha value is -0.660. The molecule has 0 aromatic heterocycles. The molecular formula is C13H16BrClFNO3S. The van der Waals surface area contributed by atoms with Crippen molar-refractivity contribution in [3.63, 3.8) is 0 Å². The number of rotatable bonds is 4. The molecule has 0 unspecified atom stereocenters. The minimum atomic E-state index is -4.25. The summed E-state index contributed by atoms with van der Waals surface area (Å²) in [6.45, 7) is 6.52. The Balaban J connectivity index is 3.00. The monoisotopic (exact) mass is 399 g/mol. The van der Waals surface area contributed by atoms with E-state index in [-0.39, 0.29) is 15.5 Å². The van der Waals surface area contributed by atoms with Gasteiger partial charge in [0.25, 0.3) is 15.0 Å². The van der Waals surface area contributed by atoms with Crippen LogP contribution in [0.5, 0.6) is 0 Å². The van der Waals surface area contributed by atoms with Crippen molar-refractivity contribution in [2.45, 2.75) is 32.1 Å². The Labute approximate surface area is 136 Å². The van der Waals surface area contributed by atoms with Crippen LogP contribution in [0.1, 0.15) is 37.6 Å². The molecule has 8 heteroatoms. The molecule has 4 nitrogen and oxygen atoms in total. The van der Waals surface area contributed by atoms with Gasteiger partial charge in [0.05, 0.1) is 5.56 Å². The van der Waals surface area contributed by atoms with Gasteiger partial charge in [0.1, 0.15) is 10.7 Å². The molecule has 0 spiro atoms. The number of hydrogen-bond acceptors (Lipinski definition) is 3. The summed E-state index contributed by atoms with van der Waals surface area (Å²) in [5, 5.41) is 2.67. The number of carbonyl (C=O) groups excluding carboxylic acids is 1. The van der Waals surface area contributed by atoms with Crippen LogP contribution in [0.2, 0.25) is 0 Å². The summed E-state index contributed by atoms with van der Waals surface area (Å²) in [6, 6.07) is 1.84. The molecule has 1 rings (SSSR count). The molecular weight excluding hydrogens is 385 g/mol. The number of carbonyl (C=O) groups is 1. The van der Waals surface area contributed by atoms with Crippen molar-refractivity contribution in [3.05, 3.63) is 28.0 Å². The van der Waals surface area contributed by atoms with Crippen molar-refractivity contribution in [2.75, 3.05) is 6.54 Å². The number of halogens is 3. The average molecular weight is 401 g/mol. The van der Waals surface area contributed by atoms with Crippen LogP contribution in [-0.2, 0) is 9.05 Å². The second-order valence-electron chi connectivity index (χ2n) is 5.77. The van der Waals surface area contributed by atoms with E-state index >= 15 is 0 Å². The van der Waals surface area contributed by atoms with Crippen LogP contribution in [0.25, 0.3) is 0 Å². The molecule has 1 aromatic rings. The van der Waals surface area contributed by atoms with E-state index in [1.807, 2.05) is 20.8 Å². The summed E-state index contributed by atoms with van der Waals surface area (Å²) in [5.74, 6) is -1.50. The lowest BCUT2D eigenvalue weighted by molar-refractivity contribution is 0.0948. The quantitative estimate of drug-likeness (QED) is 0.784. The largest absolute Gasteiger partial charge is 0.352 e. The van der Waals surface area contributed by atoms with Crippen LogP contribution in [0.4, 0.5) is 4.39 Å². The lowest BCUT2D eigenvalue weighted by atomic mass is 9.92. The Bertz CT molecular complexity index is 656. The molecule has 0 radical (unpaired) electrons. The van der Waals surface area contributed by atoms with Crippen molar-refractivity contribution in [2.24, 2.45) is 5.41 Å². The third kappa shape index (κ3) is 5.56. The molecule has 0 fully saturated rings. The predicted molar refractivity (Wildman–Crippen MR) is 83.5 cm³/mol. The minimum Gasteiger partial charge on any atom is -0.352 e. The molecule has 0 saturated carbocycles. The smallest absolute Gasteiger partial charge is 0.264 e. The van der Waals surface area contributed by atoms with Crippen molar-refractivity contribution >= 4 is 41.6 Å². The van der Waals surface area contributed by atoms with Gasteiger partial charge in [-0.3, -0.25) is 4.79 Å². The van der Waals surface area contributed by atoms with E-state index in [1.165, 1.54) is 0 Å². The third-order valence-electron chi connectivity index (χ3n) is 2.69. The molecule has 0 heterocycles. The first kappa shape index (κ1) is 18.4. The van der Waals surface area contributed by atoms with Crippen LogP contribution in [0.15, 0.2) is 21.5 Å². The fourth-order valence-electron chi connectivity index (χ4n) is 1.54. The highest BCUT2D eigenvalue weighted by atomic mass is 79.9. The molecule has 118 valence electrons. The van der Waals surface area contributed by atoms with E-state index in [4.69, 9.17) is 10.7 Å². The van der Waals surface area contributed by atoms with Crippen LogP contribution >= 0.6 is 26.6 Å². The van der Waals surface area contributed by atoms with Crippen LogP contribution in [-0.4, -0.2) is 20.9 Å². The summed E-state index contributed by atoms with van der Waals surface area (Å²) < 4.78 is 36.3. The zero-order valence-electron chi connectivity index (χ0n) is 11.8. The zero-order chi connectivity index (χ0) is 16.4. The molecule has 1 amide bonds. The highest BCUT2D eigenvalue weighted by Gasteiger charge is 2.22. The third-order valence-corrected chi connectivity index (χ3v) is 4.68. The Morgan fingerprint density at radius 1 is 1.38 bits per heavy atom. The number of benzene rings is 1. The van der Waals surface area contributed by atoms with Crippen LogP contribution < -0.4 is 5.32 Å². The van der Waals surface area contributed by atoms with Gasteiger partial charge in [-0.15, -0.1) is 0 Å². The topological polar surface area (TPSA) is 63.2 Å². The molecule has 0 saturated heterocycles. The summed E-state index contributed by atoms with van der Waals surface area (Å²) >= 11 is 3.04. The maximum Gasteiger partial charge on any atom is 0.264 e. The fraction of sp³-hybridized carbons (Fsp3) is 0.462. The molecule has 1 N–H and O–H groups in total. The van der Waals surface area contributed by atoms with E-state index in [9.17, 15) is 17.6 Å². The van der Waals surface area contributed by atoms with Gasteiger partial charge in [-0.1, -0.05) is 20.8 Å². The van der Waals surface area contributed by atoms with Gasteiger partial charge in [0.2, 0.25) is 0 Å². The normalized spacial score (nSPS) is 12.3. The molecule has 0 aliphatic heterocycles. The molecule has 0 aliphatic rings. The van der Waals surface area contributed by atoms with E-state index in [0.717, 1.165) is 18.6 Å². The first-order valence-electron chi connectivity index (χ1n) is 6.14. The van der Waals surface area contributed by atoms with Gasteiger partial charge in [-0.05, 0) is 39.9 Å². The standard InChI is InChI=1S/C13H16BrClFNO3S/c1-13(2,3)4-5-17-12(18)8-6-11(21(15,19)20)10(16)7-9(8)14/h6-7H,4-5H2,1-3H3,(H,17,18). The van der Waals surface area contributed by atoms with Crippen molar-refractivity contribution < 1.29 is 17.6 Å². The van der Waals surface area contributed by atoms with Gasteiger partial charge in [0, 0.05) is 21.7 Å². The van der Waals surface area contributed by atoms with E-state index in [1.54, 1.807) is 0 Å². The van der Waals surface area contributed by atoms with E-state index in [0.29, 0.717) is 6.54 Å². The van der Waals surface area contributed by atoms with Gasteiger partial charge in [-0.2, -0.15) is 0 Å². The molecule has 0 atom stereocenters. The summed E-state index contributed by atoms with van der Waals surface area (Å²) in [6.07, 6.45) is 0.748. The summed E-state index contributed by atoms with van der Waals surface area (Å²) in [5.41, 5.74) is 0.0716. The Morgan fingerprint density at radius 3 is 2.43 bits per heavy atom. The Morgan fingerprint density at radius 2 is 1.95 bits per heavy atom. The van der Waals surface area contributed by atoms with Crippen molar-refractivity contribution in [1.82, 2.24) is 5.32 Å². The molecule has 1 aromatic carbocycles. The SMILES string of the molecule is CC(C)(C)CCNC(=O)c1cc(S(=O)(=O)Cl)c(F)cc1Br. The molecule has 0 bridgehead atoms. The molecule has 21 heavy (non-hydrogen) atoms. The fourth-order valence-corrected chi connectivity index (χ4v) is 2.94. The average Bonchev–Trinajstić information content (AvgIpc) is 2.24. The number of hydrogen-bond donors (Lipinski definition) is 1. The number of nitrogens with one attached hydrogen (secondary N) is 1. The highest BCUT2D eigenvalue weighted by Crippen LogP contribution is 2.26. The van der Waals surface area contributed by atoms with Gasteiger partial charge in [0.15, 0.2) is 0 Å². The van der Waals surface area contributed by atoms with Crippen molar-refractivity contribution in [1.29, 1.82) is 0 Å². The van der Waals surface area contributed by atoms with Crippen LogP contribution in [0, 0.1) is 11.2 Å². The lowest BCUT2D eigenvalue weighted by Gasteiger charge is -2.18. The first-order valence-corrected chi connectivity index (χ1v) is 9.24. The zero-order valence-corrected chi connectivity index (χ0v) is 15.0. The molecule has 0 aliphatic carbocycles. The van der Waals surface area contributed by atoms with Gasteiger partial charge in [-0.25, -0.2) is 12.8 Å². The van der Waals surface area contributed by atoms with Crippen molar-refractivity contribution in [3.8, 4) is 0 Å². The second-order valence-corrected chi connectivity index (χ2v) is 9.16. The lowest BCUT2D eigenvalue weighted by Crippen LogP contribution is -2.27. The van der Waals surface area contributed by atoms with Gasteiger partial charge < -0.3 is 5.32 Å². The maximum atomic E-state index is 13.6. The van der Waals surface area contributed by atoms with E-state index in [2.05, 4.69) is 21.2 Å². The maximum absolute atomic E-state index is 13.6. The van der Waals surface area contributed by atoms with E-state index < -0.39 is 25.7 Å². The Kier molecular flexibility index (Phi) is 5.80. The van der Waals surface area contributed by atoms with Gasteiger partial charge >= 0.3 is 0 Å². The summed E-state index contributed by atoms with van der Waals surface area (Å²) in [4.78, 5) is 11.3. The summed E-state index contributed by atoms with van der Waals surface area (Å²) in [7, 11) is 0.889. The highest BCUT2D eigenvalue weighted by molar-refractivity contribution is 9.10.